The van der Waals surface area contributed by atoms with Crippen LogP contribution in [-0.4, -0.2) is 29.1 Å². The zero-order chi connectivity index (χ0) is 16.4. The zero-order valence-electron chi connectivity index (χ0n) is 12.0. The van der Waals surface area contributed by atoms with Crippen LogP contribution < -0.4 is 5.73 Å². The molecule has 1 heterocycles. The zero-order valence-corrected chi connectivity index (χ0v) is 12.0. The molecule has 22 heavy (non-hydrogen) atoms. The van der Waals surface area contributed by atoms with Crippen LogP contribution >= 0.6 is 0 Å². The highest BCUT2D eigenvalue weighted by Gasteiger charge is 2.05. The number of nitrogens with zero attached hydrogens (tertiary/aromatic N) is 1. The average molecular weight is 300 g/mol. The van der Waals surface area contributed by atoms with E-state index in [0.717, 1.165) is 5.56 Å². The van der Waals surface area contributed by atoms with Gasteiger partial charge in [0, 0.05) is 12.4 Å². The van der Waals surface area contributed by atoms with E-state index in [-0.39, 0.29) is 5.76 Å². The smallest absolute Gasteiger partial charge is 0.371 e. The van der Waals surface area contributed by atoms with E-state index in [9.17, 15) is 9.59 Å². The minimum atomic E-state index is -1.06. The summed E-state index contributed by atoms with van der Waals surface area (Å²) in [6.07, 6.45) is 4.50. The summed E-state index contributed by atoms with van der Waals surface area (Å²) in [5.41, 5.74) is 6.18. The van der Waals surface area contributed by atoms with Crippen molar-refractivity contribution >= 4 is 18.0 Å². The molecule has 6 nitrogen and oxygen atoms in total. The van der Waals surface area contributed by atoms with E-state index in [0.29, 0.717) is 5.56 Å². The van der Waals surface area contributed by atoms with Crippen LogP contribution in [0.1, 0.15) is 15.9 Å². The number of nitrogens with two attached hydrogens (primary N) is 1. The Balaban J connectivity index is 0.000000235. The third-order valence-electron chi connectivity index (χ3n) is 2.47. The summed E-state index contributed by atoms with van der Waals surface area (Å²) in [5, 5.41) is 8.64. The summed E-state index contributed by atoms with van der Waals surface area (Å²) in [6.45, 7) is 0. The van der Waals surface area contributed by atoms with Gasteiger partial charge in [-0.05, 0) is 23.8 Å². The fourth-order valence-corrected chi connectivity index (χ4v) is 1.42. The van der Waals surface area contributed by atoms with Crippen LogP contribution in [0.5, 0.6) is 0 Å². The first-order valence-corrected chi connectivity index (χ1v) is 6.28. The molecule has 0 fully saturated rings. The van der Waals surface area contributed by atoms with E-state index in [2.05, 4.69) is 9.72 Å². The quantitative estimate of drug-likeness (QED) is 0.663. The van der Waals surface area contributed by atoms with Gasteiger partial charge in [-0.2, -0.15) is 0 Å². The number of aromatic nitrogens is 1. The number of carbonyl (C=O) groups is 2. The molecule has 0 atom stereocenters. The molecule has 1 aromatic carbocycles. The van der Waals surface area contributed by atoms with Gasteiger partial charge in [0.15, 0.2) is 0 Å². The van der Waals surface area contributed by atoms with Crippen molar-refractivity contribution in [3.05, 3.63) is 71.7 Å². The molecule has 0 aliphatic heterocycles. The van der Waals surface area contributed by atoms with E-state index in [1.54, 1.807) is 18.3 Å². The van der Waals surface area contributed by atoms with Crippen molar-refractivity contribution in [1.82, 2.24) is 4.98 Å². The number of pyridine rings is 1. The Kier molecular flexibility index (Phi) is 6.85. The Morgan fingerprint density at radius 1 is 1.18 bits per heavy atom. The Hall–Kier alpha value is -3.15. The molecule has 0 unspecified atom stereocenters. The molecular formula is C16H16N2O4. The number of rotatable bonds is 4. The van der Waals surface area contributed by atoms with Crippen molar-refractivity contribution in [2.24, 2.45) is 5.73 Å². The molecular weight excluding hydrogens is 284 g/mol. The summed E-state index contributed by atoms with van der Waals surface area (Å²) in [7, 11) is 1.34. The van der Waals surface area contributed by atoms with Gasteiger partial charge in [0.05, 0.1) is 12.7 Å². The minimum absolute atomic E-state index is 0.0637. The van der Waals surface area contributed by atoms with Crippen molar-refractivity contribution in [3.63, 3.8) is 0 Å². The van der Waals surface area contributed by atoms with Crippen LogP contribution in [0.25, 0.3) is 6.08 Å². The molecule has 0 aliphatic carbocycles. The number of carbonyl (C=O) groups excluding carboxylic acids is 1. The molecule has 6 heteroatoms. The topological polar surface area (TPSA) is 103 Å². The van der Waals surface area contributed by atoms with Crippen LogP contribution in [0.3, 0.4) is 0 Å². The van der Waals surface area contributed by atoms with Crippen LogP contribution in [0, 0.1) is 0 Å². The van der Waals surface area contributed by atoms with E-state index in [1.807, 2.05) is 30.3 Å². The van der Waals surface area contributed by atoms with Crippen LogP contribution in [0.2, 0.25) is 0 Å². The number of carboxylic acids is 1. The lowest BCUT2D eigenvalue weighted by Crippen LogP contribution is -2.10. The minimum Gasteiger partial charge on any atom is -0.490 e. The van der Waals surface area contributed by atoms with Crippen molar-refractivity contribution in [2.75, 3.05) is 7.11 Å². The summed E-state index contributed by atoms with van der Waals surface area (Å²) in [5.74, 6) is -1.57. The molecule has 0 spiro atoms. The molecule has 1 amide bonds. The SMILES string of the molecule is COC(=Cc1ccccc1)C(=O)O.NC(=O)c1cccnc1. The average Bonchev–Trinajstić information content (AvgIpc) is 2.54. The first-order chi connectivity index (χ1) is 10.5. The molecule has 1 aromatic heterocycles. The van der Waals surface area contributed by atoms with E-state index < -0.39 is 11.9 Å². The molecule has 0 saturated heterocycles. The van der Waals surface area contributed by atoms with Gasteiger partial charge in [-0.15, -0.1) is 0 Å². The lowest BCUT2D eigenvalue weighted by atomic mass is 10.2. The Labute approximate surface area is 127 Å². The highest BCUT2D eigenvalue weighted by atomic mass is 16.5. The summed E-state index contributed by atoms with van der Waals surface area (Å²) >= 11 is 0. The standard InChI is InChI=1S/C10H10O3.C6H6N2O/c1-13-9(10(11)12)7-8-5-3-2-4-6-8;7-6(9)5-2-1-3-8-4-5/h2-7H,1H3,(H,11,12);1-4H,(H2,7,9). The normalized spacial score (nSPS) is 10.1. The fourth-order valence-electron chi connectivity index (χ4n) is 1.42. The maximum Gasteiger partial charge on any atom is 0.371 e. The molecule has 0 saturated carbocycles. The lowest BCUT2D eigenvalue weighted by molar-refractivity contribution is -0.135. The molecule has 0 bridgehead atoms. The van der Waals surface area contributed by atoms with Gasteiger partial charge in [0.1, 0.15) is 0 Å². The second-order valence-electron chi connectivity index (χ2n) is 4.03. The van der Waals surface area contributed by atoms with Crippen LogP contribution in [0.15, 0.2) is 60.6 Å². The predicted octanol–water partition coefficient (Wildman–Crippen LogP) is 1.94. The van der Waals surface area contributed by atoms with Gasteiger partial charge in [-0.3, -0.25) is 9.78 Å². The van der Waals surface area contributed by atoms with Crippen molar-refractivity contribution in [2.45, 2.75) is 0 Å². The van der Waals surface area contributed by atoms with Gasteiger partial charge >= 0.3 is 5.97 Å². The van der Waals surface area contributed by atoms with Gasteiger partial charge in [0.2, 0.25) is 11.7 Å². The number of carboxylic acid groups (broad SMARTS) is 1. The second kappa shape index (κ2) is 8.91. The van der Waals surface area contributed by atoms with Gasteiger partial charge < -0.3 is 15.6 Å². The van der Waals surface area contributed by atoms with Gasteiger partial charge in [-0.1, -0.05) is 30.3 Å². The van der Waals surface area contributed by atoms with E-state index in [4.69, 9.17) is 10.8 Å². The van der Waals surface area contributed by atoms with Crippen LogP contribution in [-0.2, 0) is 9.53 Å². The predicted molar refractivity (Wildman–Crippen MR) is 81.8 cm³/mol. The number of hydrogen-bond donors (Lipinski definition) is 2. The molecule has 0 aliphatic rings. The summed E-state index contributed by atoms with van der Waals surface area (Å²) in [6, 6.07) is 12.4. The Morgan fingerprint density at radius 3 is 2.27 bits per heavy atom. The monoisotopic (exact) mass is 300 g/mol. The third-order valence-corrected chi connectivity index (χ3v) is 2.47. The number of amides is 1. The number of ether oxygens (including phenoxy) is 1. The summed E-state index contributed by atoms with van der Waals surface area (Å²) in [4.78, 5) is 24.6. The first-order valence-electron chi connectivity index (χ1n) is 6.28. The molecule has 2 rings (SSSR count). The lowest BCUT2D eigenvalue weighted by Gasteiger charge is -1.99. The van der Waals surface area contributed by atoms with Gasteiger partial charge in [-0.25, -0.2) is 4.79 Å². The second-order valence-corrected chi connectivity index (χ2v) is 4.03. The first kappa shape index (κ1) is 16.9. The largest absolute Gasteiger partial charge is 0.490 e. The molecule has 3 N–H and O–H groups in total. The van der Waals surface area contributed by atoms with Crippen molar-refractivity contribution < 1.29 is 19.4 Å². The molecule has 0 radical (unpaired) electrons. The van der Waals surface area contributed by atoms with E-state index >= 15 is 0 Å². The fraction of sp³-hybridized carbons (Fsp3) is 0.0625. The number of aliphatic carboxylic acids is 1. The van der Waals surface area contributed by atoms with Crippen LogP contribution in [0.4, 0.5) is 0 Å². The number of benzene rings is 1. The Morgan fingerprint density at radius 2 is 1.86 bits per heavy atom. The Bertz CT molecular complexity index is 640. The van der Waals surface area contributed by atoms with E-state index in [1.165, 1.54) is 19.4 Å². The van der Waals surface area contributed by atoms with Gasteiger partial charge in [0.25, 0.3) is 0 Å². The van der Waals surface area contributed by atoms with Crippen molar-refractivity contribution in [3.8, 4) is 0 Å². The highest BCUT2D eigenvalue weighted by Crippen LogP contribution is 2.06. The molecule has 2 aromatic rings. The number of primary amides is 1. The summed E-state index contributed by atoms with van der Waals surface area (Å²) < 4.78 is 4.68. The maximum atomic E-state index is 10.5. The highest BCUT2D eigenvalue weighted by molar-refractivity contribution is 5.92. The maximum absolute atomic E-state index is 10.5. The third kappa shape index (κ3) is 5.87. The van der Waals surface area contributed by atoms with Crippen molar-refractivity contribution in [1.29, 1.82) is 0 Å². The molecule has 114 valence electrons. The number of hydrogen-bond acceptors (Lipinski definition) is 4. The number of methoxy groups -OCH3 is 1.